The van der Waals surface area contributed by atoms with Crippen LogP contribution in [0.4, 0.5) is 0 Å². The topological polar surface area (TPSA) is 71.8 Å². The van der Waals surface area contributed by atoms with Crippen LogP contribution in [-0.4, -0.2) is 33.0 Å². The average Bonchev–Trinajstić information content (AvgIpc) is 2.70. The maximum atomic E-state index is 11.6. The number of hydrogen-bond acceptors (Lipinski definition) is 4. The maximum Gasteiger partial charge on any atom is 0.221 e. The van der Waals surface area contributed by atoms with Crippen LogP contribution in [0.25, 0.3) is 0 Å². The molecule has 1 aromatic heterocycles. The molecular weight excluding hydrogens is 254 g/mol. The SMILES string of the molecule is CC(C)(C)NC(=O)CCNCc1cn(C(C)(C)C)nn1. The number of hydrogen-bond donors (Lipinski definition) is 2. The fraction of sp³-hybridized carbons (Fsp3) is 0.786. The molecule has 0 fully saturated rings. The summed E-state index contributed by atoms with van der Waals surface area (Å²) < 4.78 is 1.84. The predicted molar refractivity (Wildman–Crippen MR) is 79.2 cm³/mol. The molecule has 1 aromatic rings. The summed E-state index contributed by atoms with van der Waals surface area (Å²) in [5.74, 6) is 0.0587. The van der Waals surface area contributed by atoms with Crippen molar-refractivity contribution in [1.82, 2.24) is 25.6 Å². The van der Waals surface area contributed by atoms with Crippen molar-refractivity contribution in [3.05, 3.63) is 11.9 Å². The normalized spacial score (nSPS) is 12.5. The number of carbonyl (C=O) groups excluding carboxylic acids is 1. The Morgan fingerprint density at radius 1 is 1.25 bits per heavy atom. The van der Waals surface area contributed by atoms with Crippen LogP contribution in [0, 0.1) is 0 Å². The highest BCUT2D eigenvalue weighted by atomic mass is 16.1. The highest BCUT2D eigenvalue weighted by Crippen LogP contribution is 2.11. The van der Waals surface area contributed by atoms with E-state index in [0.717, 1.165) is 5.69 Å². The van der Waals surface area contributed by atoms with Gasteiger partial charge in [-0.1, -0.05) is 5.21 Å². The first-order chi connectivity index (χ1) is 9.08. The molecule has 0 atom stereocenters. The van der Waals surface area contributed by atoms with Gasteiger partial charge in [0, 0.05) is 25.0 Å². The number of aromatic nitrogens is 3. The summed E-state index contributed by atoms with van der Waals surface area (Å²) in [6.07, 6.45) is 2.40. The molecular formula is C14H27N5O. The van der Waals surface area contributed by atoms with E-state index < -0.39 is 0 Å². The molecule has 1 amide bonds. The molecule has 6 nitrogen and oxygen atoms in total. The first-order valence-corrected chi connectivity index (χ1v) is 7.01. The van der Waals surface area contributed by atoms with Crippen molar-refractivity contribution in [1.29, 1.82) is 0 Å². The van der Waals surface area contributed by atoms with Crippen molar-refractivity contribution in [2.45, 2.75) is 65.6 Å². The van der Waals surface area contributed by atoms with Crippen molar-refractivity contribution in [3.63, 3.8) is 0 Å². The fourth-order valence-corrected chi connectivity index (χ4v) is 1.61. The lowest BCUT2D eigenvalue weighted by atomic mass is 10.1. The molecule has 0 aromatic carbocycles. The van der Waals surface area contributed by atoms with Gasteiger partial charge in [-0.15, -0.1) is 5.10 Å². The van der Waals surface area contributed by atoms with Crippen LogP contribution >= 0.6 is 0 Å². The quantitative estimate of drug-likeness (QED) is 0.801. The molecule has 1 rings (SSSR count). The number of nitrogens with one attached hydrogen (secondary N) is 2. The largest absolute Gasteiger partial charge is 0.351 e. The lowest BCUT2D eigenvalue weighted by Gasteiger charge is -2.20. The van der Waals surface area contributed by atoms with E-state index in [9.17, 15) is 4.79 Å². The third-order valence-electron chi connectivity index (χ3n) is 2.58. The van der Waals surface area contributed by atoms with Gasteiger partial charge >= 0.3 is 0 Å². The lowest BCUT2D eigenvalue weighted by Crippen LogP contribution is -2.41. The Labute approximate surface area is 121 Å². The monoisotopic (exact) mass is 281 g/mol. The first-order valence-electron chi connectivity index (χ1n) is 7.01. The Kier molecular flexibility index (Phi) is 5.28. The second kappa shape index (κ2) is 6.35. The minimum atomic E-state index is -0.174. The van der Waals surface area contributed by atoms with Gasteiger partial charge in [0.25, 0.3) is 0 Å². The highest BCUT2D eigenvalue weighted by molar-refractivity contribution is 5.76. The maximum absolute atomic E-state index is 11.6. The molecule has 0 aliphatic heterocycles. The van der Waals surface area contributed by atoms with Gasteiger partial charge in [-0.25, -0.2) is 4.68 Å². The van der Waals surface area contributed by atoms with Crippen molar-refractivity contribution in [3.8, 4) is 0 Å². The number of rotatable bonds is 5. The van der Waals surface area contributed by atoms with Gasteiger partial charge in [-0.05, 0) is 41.5 Å². The highest BCUT2D eigenvalue weighted by Gasteiger charge is 2.15. The molecule has 0 bridgehead atoms. The molecule has 0 unspecified atom stereocenters. The smallest absolute Gasteiger partial charge is 0.221 e. The van der Waals surface area contributed by atoms with Gasteiger partial charge in [-0.3, -0.25) is 4.79 Å². The van der Waals surface area contributed by atoms with Gasteiger partial charge < -0.3 is 10.6 Å². The van der Waals surface area contributed by atoms with Crippen molar-refractivity contribution < 1.29 is 4.79 Å². The first kappa shape index (κ1) is 16.6. The van der Waals surface area contributed by atoms with E-state index in [0.29, 0.717) is 19.5 Å². The van der Waals surface area contributed by atoms with E-state index in [2.05, 4.69) is 41.7 Å². The van der Waals surface area contributed by atoms with Crippen LogP contribution in [0.5, 0.6) is 0 Å². The summed E-state index contributed by atoms with van der Waals surface area (Å²) in [5, 5.41) is 14.3. The molecule has 0 aliphatic rings. The van der Waals surface area contributed by atoms with Crippen molar-refractivity contribution >= 4 is 5.91 Å². The number of nitrogens with zero attached hydrogens (tertiary/aromatic N) is 3. The predicted octanol–water partition coefficient (Wildman–Crippen LogP) is 1.43. The van der Waals surface area contributed by atoms with E-state index in [1.54, 1.807) is 0 Å². The second-order valence-corrected chi connectivity index (χ2v) is 7.05. The third-order valence-corrected chi connectivity index (χ3v) is 2.58. The molecule has 2 N–H and O–H groups in total. The Balaban J connectivity index is 2.28. The lowest BCUT2D eigenvalue weighted by molar-refractivity contribution is -0.122. The standard InChI is InChI=1S/C14H27N5O/c1-13(2,3)16-12(20)7-8-15-9-11-10-19(18-17-11)14(4,5)6/h10,15H,7-9H2,1-6H3,(H,16,20). The number of amides is 1. The Morgan fingerprint density at radius 2 is 1.90 bits per heavy atom. The minimum absolute atomic E-state index is 0.0577. The van der Waals surface area contributed by atoms with Crippen LogP contribution < -0.4 is 10.6 Å². The van der Waals surface area contributed by atoms with Crippen LogP contribution in [0.2, 0.25) is 0 Å². The molecule has 20 heavy (non-hydrogen) atoms. The molecule has 0 saturated heterocycles. The summed E-state index contributed by atoms with van der Waals surface area (Å²) in [7, 11) is 0. The molecule has 0 spiro atoms. The van der Waals surface area contributed by atoms with E-state index in [1.807, 2.05) is 31.6 Å². The van der Waals surface area contributed by atoms with Gasteiger partial charge in [0.1, 0.15) is 0 Å². The van der Waals surface area contributed by atoms with Crippen molar-refractivity contribution in [2.75, 3.05) is 6.54 Å². The minimum Gasteiger partial charge on any atom is -0.351 e. The Hall–Kier alpha value is -1.43. The summed E-state index contributed by atoms with van der Waals surface area (Å²) in [4.78, 5) is 11.6. The molecule has 0 saturated carbocycles. The number of carbonyl (C=O) groups is 1. The molecule has 0 radical (unpaired) electrons. The van der Waals surface area contributed by atoms with Crippen LogP contribution in [0.15, 0.2) is 6.20 Å². The van der Waals surface area contributed by atoms with Crippen LogP contribution in [0.3, 0.4) is 0 Å². The molecule has 114 valence electrons. The van der Waals surface area contributed by atoms with Gasteiger partial charge in [0.05, 0.1) is 17.4 Å². The zero-order valence-corrected chi connectivity index (χ0v) is 13.4. The van der Waals surface area contributed by atoms with E-state index in [-0.39, 0.29) is 17.0 Å². The van der Waals surface area contributed by atoms with Gasteiger partial charge in [0.2, 0.25) is 5.91 Å². The van der Waals surface area contributed by atoms with E-state index >= 15 is 0 Å². The Bertz CT molecular complexity index is 439. The summed E-state index contributed by atoms with van der Waals surface area (Å²) in [5.41, 5.74) is 0.654. The molecule has 0 aliphatic carbocycles. The van der Waals surface area contributed by atoms with E-state index in [4.69, 9.17) is 0 Å². The van der Waals surface area contributed by atoms with Gasteiger partial charge in [-0.2, -0.15) is 0 Å². The fourth-order valence-electron chi connectivity index (χ4n) is 1.61. The van der Waals surface area contributed by atoms with Crippen LogP contribution in [-0.2, 0) is 16.9 Å². The zero-order chi connectivity index (χ0) is 15.4. The molecule has 6 heteroatoms. The average molecular weight is 281 g/mol. The summed E-state index contributed by atoms with van der Waals surface area (Å²) in [6.45, 7) is 13.4. The molecule has 1 heterocycles. The second-order valence-electron chi connectivity index (χ2n) is 7.05. The van der Waals surface area contributed by atoms with Crippen LogP contribution in [0.1, 0.15) is 53.7 Å². The third kappa shape index (κ3) is 6.14. The Morgan fingerprint density at radius 3 is 2.40 bits per heavy atom. The summed E-state index contributed by atoms with van der Waals surface area (Å²) >= 11 is 0. The van der Waals surface area contributed by atoms with E-state index in [1.165, 1.54) is 0 Å². The summed E-state index contributed by atoms with van der Waals surface area (Å²) in [6, 6.07) is 0. The van der Waals surface area contributed by atoms with Gasteiger partial charge in [0.15, 0.2) is 0 Å². The van der Waals surface area contributed by atoms with Crippen molar-refractivity contribution in [2.24, 2.45) is 0 Å². The zero-order valence-electron chi connectivity index (χ0n) is 13.4.